The molecular weight excluding hydrogens is 334 g/mol. The van der Waals surface area contributed by atoms with Gasteiger partial charge in [0.1, 0.15) is 17.4 Å². The van der Waals surface area contributed by atoms with Crippen molar-refractivity contribution in [2.24, 2.45) is 0 Å². The van der Waals surface area contributed by atoms with Gasteiger partial charge < -0.3 is 9.64 Å². The largest absolute Gasteiger partial charge is 0.494 e. The third-order valence-electron chi connectivity index (χ3n) is 3.18. The van der Waals surface area contributed by atoms with Crippen LogP contribution in [-0.4, -0.2) is 24.5 Å². The van der Waals surface area contributed by atoms with Gasteiger partial charge in [0.05, 0.1) is 35.1 Å². The molecule has 0 saturated heterocycles. The Morgan fingerprint density at radius 3 is 2.35 bits per heavy atom. The molecule has 0 aliphatic carbocycles. The van der Waals surface area contributed by atoms with Crippen LogP contribution in [0, 0.1) is 11.6 Å². The maximum absolute atomic E-state index is 14.3. The summed E-state index contributed by atoms with van der Waals surface area (Å²) < 4.78 is 59.2. The van der Waals surface area contributed by atoms with Gasteiger partial charge >= 0.3 is 0 Å². The molecule has 124 valence electrons. The molecule has 1 aliphatic heterocycles. The highest BCUT2D eigenvalue weighted by Gasteiger charge is 2.27. The van der Waals surface area contributed by atoms with E-state index in [0.29, 0.717) is 0 Å². The smallest absolute Gasteiger partial charge is 0.256 e. The van der Waals surface area contributed by atoms with E-state index >= 15 is 0 Å². The van der Waals surface area contributed by atoms with Gasteiger partial charge in [-0.2, -0.15) is 0 Å². The third kappa shape index (κ3) is 3.69. The monoisotopic (exact) mass is 347 g/mol. The van der Waals surface area contributed by atoms with Crippen molar-refractivity contribution in [3.05, 3.63) is 58.8 Å². The average Bonchev–Trinajstić information content (AvgIpc) is 2.45. The first kappa shape index (κ1) is 17.4. The Morgan fingerprint density at radius 1 is 1.22 bits per heavy atom. The van der Waals surface area contributed by atoms with Gasteiger partial charge in [-0.3, -0.25) is 0 Å². The molecule has 1 heterocycles. The minimum absolute atomic E-state index is 0.0236. The summed E-state index contributed by atoms with van der Waals surface area (Å²) >= 11 is 5.87. The molecule has 2 nitrogen and oxygen atoms in total. The highest BCUT2D eigenvalue weighted by atomic mass is 35.5. The molecule has 0 spiro atoms. The van der Waals surface area contributed by atoms with Gasteiger partial charge in [0.25, 0.3) is 6.43 Å². The van der Waals surface area contributed by atoms with Crippen LogP contribution in [-0.2, 0) is 0 Å². The summed E-state index contributed by atoms with van der Waals surface area (Å²) in [6.45, 7) is 4.74. The molecule has 23 heavy (non-hydrogen) atoms. The number of benzene rings is 1. The molecule has 0 aromatic heterocycles. The predicted octanol–water partition coefficient (Wildman–Crippen LogP) is 4.92. The first-order valence-electron chi connectivity index (χ1n) is 6.79. The molecule has 0 atom stereocenters. The predicted molar refractivity (Wildman–Crippen MR) is 81.3 cm³/mol. The number of nitrogens with zero attached hydrogens (tertiary/aromatic N) is 1. The van der Waals surface area contributed by atoms with Crippen molar-refractivity contribution in [2.75, 3.05) is 13.2 Å². The molecule has 1 aliphatic rings. The molecule has 7 heteroatoms. The van der Waals surface area contributed by atoms with Crippen molar-refractivity contribution < 1.29 is 22.3 Å². The molecule has 0 N–H and O–H groups in total. The van der Waals surface area contributed by atoms with Crippen molar-refractivity contribution in [3.63, 3.8) is 0 Å². The first-order valence-corrected chi connectivity index (χ1v) is 7.17. The molecule has 1 aromatic rings. The molecular formula is C16H14ClF4NO. The quantitative estimate of drug-likeness (QED) is 0.701. The molecule has 0 bridgehead atoms. The van der Waals surface area contributed by atoms with Gasteiger partial charge in [0, 0.05) is 12.1 Å². The second-order valence-electron chi connectivity index (χ2n) is 4.71. The maximum Gasteiger partial charge on any atom is 0.256 e. The number of halogens is 5. The zero-order valence-electron chi connectivity index (χ0n) is 12.3. The van der Waals surface area contributed by atoms with Gasteiger partial charge in [0.15, 0.2) is 0 Å². The number of ether oxygens (including phenoxy) is 1. The van der Waals surface area contributed by atoms with Crippen molar-refractivity contribution in [2.45, 2.75) is 13.3 Å². The van der Waals surface area contributed by atoms with Crippen molar-refractivity contribution in [3.8, 4) is 5.75 Å². The summed E-state index contributed by atoms with van der Waals surface area (Å²) in [5.41, 5.74) is -0.453. The molecule has 0 radical (unpaired) electrons. The average molecular weight is 348 g/mol. The molecule has 2 rings (SSSR count). The van der Waals surface area contributed by atoms with Crippen LogP contribution < -0.4 is 4.74 Å². The van der Waals surface area contributed by atoms with E-state index in [4.69, 9.17) is 16.3 Å². The van der Waals surface area contributed by atoms with E-state index in [1.54, 1.807) is 6.92 Å². The lowest BCUT2D eigenvalue weighted by atomic mass is 10.0. The second-order valence-corrected chi connectivity index (χ2v) is 5.12. The van der Waals surface area contributed by atoms with Gasteiger partial charge in [-0.15, -0.1) is 0 Å². The van der Waals surface area contributed by atoms with Gasteiger partial charge in [0.2, 0.25) is 0 Å². The first-order chi connectivity index (χ1) is 10.8. The van der Waals surface area contributed by atoms with Gasteiger partial charge in [-0.1, -0.05) is 18.2 Å². The number of allylic oxidation sites excluding steroid dienone is 3. The fourth-order valence-electron chi connectivity index (χ4n) is 2.22. The minimum atomic E-state index is -2.73. The van der Waals surface area contributed by atoms with Gasteiger partial charge in [-0.25, -0.2) is 17.6 Å². The van der Waals surface area contributed by atoms with E-state index in [1.807, 2.05) is 0 Å². The van der Waals surface area contributed by atoms with E-state index in [0.717, 1.165) is 17.0 Å². The Labute approximate surface area is 136 Å². The van der Waals surface area contributed by atoms with Crippen LogP contribution in [0.15, 0.2) is 41.6 Å². The highest BCUT2D eigenvalue weighted by Crippen LogP contribution is 2.36. The van der Waals surface area contributed by atoms with Crippen LogP contribution in [0.5, 0.6) is 5.75 Å². The number of rotatable bonds is 5. The summed E-state index contributed by atoms with van der Waals surface area (Å²) in [5.74, 6) is -1.81. The topological polar surface area (TPSA) is 12.5 Å². The lowest BCUT2D eigenvalue weighted by molar-refractivity contribution is 0.123. The van der Waals surface area contributed by atoms with Crippen LogP contribution >= 0.6 is 11.6 Å². The number of hydrogen-bond donors (Lipinski definition) is 0. The minimum Gasteiger partial charge on any atom is -0.494 e. The Bertz CT molecular complexity index is 662. The van der Waals surface area contributed by atoms with Crippen LogP contribution in [0.1, 0.15) is 12.5 Å². The van der Waals surface area contributed by atoms with E-state index in [2.05, 4.69) is 6.58 Å². The van der Waals surface area contributed by atoms with Crippen molar-refractivity contribution in [1.29, 1.82) is 0 Å². The van der Waals surface area contributed by atoms with Gasteiger partial charge in [-0.05, 0) is 19.1 Å². The lowest BCUT2D eigenvalue weighted by Gasteiger charge is -2.31. The summed E-state index contributed by atoms with van der Waals surface area (Å²) in [5, 5.41) is 0.126. The third-order valence-corrected chi connectivity index (χ3v) is 3.53. The summed E-state index contributed by atoms with van der Waals surface area (Å²) in [6, 6.07) is 2.01. The van der Waals surface area contributed by atoms with E-state index in [9.17, 15) is 17.6 Å². The number of alkyl halides is 2. The molecule has 1 aromatic carbocycles. The van der Waals surface area contributed by atoms with Crippen LogP contribution in [0.2, 0.25) is 0 Å². The van der Waals surface area contributed by atoms with Crippen molar-refractivity contribution >= 4 is 17.3 Å². The standard InChI is InChI=1S/C16H14ClF4NO/c1-3-23-10-6-12(18)16(13(19)7-10)14-5-4-11(17)9(2)22(14)8-15(20)21/h4-7,15H,2-3,8H2,1H3. The van der Waals surface area contributed by atoms with Crippen LogP contribution in [0.3, 0.4) is 0 Å². The number of hydrogen-bond acceptors (Lipinski definition) is 2. The lowest BCUT2D eigenvalue weighted by Crippen LogP contribution is -2.29. The Kier molecular flexibility index (Phi) is 5.36. The summed E-state index contributed by atoms with van der Waals surface area (Å²) in [4.78, 5) is 0.995. The second kappa shape index (κ2) is 7.08. The Morgan fingerprint density at radius 2 is 1.83 bits per heavy atom. The summed E-state index contributed by atoms with van der Waals surface area (Å²) in [7, 11) is 0. The zero-order valence-corrected chi connectivity index (χ0v) is 13.0. The van der Waals surface area contributed by atoms with Crippen LogP contribution in [0.4, 0.5) is 17.6 Å². The molecule has 0 saturated carbocycles. The van der Waals surface area contributed by atoms with E-state index in [-0.39, 0.29) is 28.8 Å². The Balaban J connectivity index is 2.51. The highest BCUT2D eigenvalue weighted by molar-refractivity contribution is 6.32. The fourth-order valence-corrected chi connectivity index (χ4v) is 2.39. The fraction of sp³-hybridized carbons (Fsp3) is 0.250. The maximum atomic E-state index is 14.3. The van der Waals surface area contributed by atoms with E-state index in [1.165, 1.54) is 12.2 Å². The molecule has 0 amide bonds. The summed E-state index contributed by atoms with van der Waals surface area (Å²) in [6.07, 6.45) is -0.0934. The SMILES string of the molecule is C=C1C(Cl)=CC=C(c2c(F)cc(OCC)cc2F)N1CC(F)F. The molecule has 0 unspecified atom stereocenters. The van der Waals surface area contributed by atoms with Crippen LogP contribution in [0.25, 0.3) is 5.70 Å². The molecule has 0 fully saturated rings. The zero-order chi connectivity index (χ0) is 17.1. The van der Waals surface area contributed by atoms with Crippen molar-refractivity contribution in [1.82, 2.24) is 4.90 Å². The van der Waals surface area contributed by atoms with E-state index < -0.39 is 30.2 Å². The normalized spacial score (nSPS) is 14.9. The Hall–Kier alpha value is -1.95.